The van der Waals surface area contributed by atoms with Gasteiger partial charge in [0, 0.05) is 19.6 Å². The molecule has 2 aromatic carbocycles. The fraction of sp³-hybridized carbons (Fsp3) is 0.321. The Morgan fingerprint density at radius 3 is 2.00 bits per heavy atom. The van der Waals surface area contributed by atoms with Crippen LogP contribution in [0.15, 0.2) is 54.6 Å². The lowest BCUT2D eigenvalue weighted by atomic mass is 10.2. The molecule has 1 aliphatic rings. The van der Waals surface area contributed by atoms with E-state index in [9.17, 15) is 4.39 Å². The Balaban J connectivity index is 0.000000455. The number of nitrogens with zero attached hydrogens (tertiary/aromatic N) is 3. The second-order valence-corrected chi connectivity index (χ2v) is 8.88. The Bertz CT molecular complexity index is 1300. The molecule has 4 rings (SSSR count). The number of carboxylic acid groups (broad SMARTS) is 4. The predicted molar refractivity (Wildman–Crippen MR) is 149 cm³/mol. The first-order valence-electron chi connectivity index (χ1n) is 13.0. The summed E-state index contributed by atoms with van der Waals surface area (Å²) in [5.41, 5.74) is 2.82. The van der Waals surface area contributed by atoms with Gasteiger partial charge in [0.2, 0.25) is 5.88 Å². The molecule has 0 bridgehead atoms. The van der Waals surface area contributed by atoms with Gasteiger partial charge in [-0.25, -0.2) is 28.3 Å². The summed E-state index contributed by atoms with van der Waals surface area (Å²) in [5, 5.41) is 37.8. The largest absolute Gasteiger partial charge is 0.473 e. The van der Waals surface area contributed by atoms with Crippen molar-refractivity contribution >= 4 is 23.9 Å². The molecule has 43 heavy (non-hydrogen) atoms. The number of benzene rings is 2. The number of aromatic nitrogens is 2. The summed E-state index contributed by atoms with van der Waals surface area (Å²) in [6.07, 6.45) is 1.07. The van der Waals surface area contributed by atoms with Crippen LogP contribution in [0.5, 0.6) is 11.6 Å². The number of para-hydroxylation sites is 1. The number of hydrogen-bond donors (Lipinski definition) is 5. The van der Waals surface area contributed by atoms with Crippen molar-refractivity contribution in [3.63, 3.8) is 0 Å². The molecule has 15 heteroatoms. The molecule has 3 aromatic rings. The minimum absolute atomic E-state index is 0.290. The first-order valence-corrected chi connectivity index (χ1v) is 13.0. The van der Waals surface area contributed by atoms with Gasteiger partial charge in [0.15, 0.2) is 0 Å². The van der Waals surface area contributed by atoms with Gasteiger partial charge < -0.3 is 35.2 Å². The quantitative estimate of drug-likeness (QED) is 0.176. The van der Waals surface area contributed by atoms with Gasteiger partial charge >= 0.3 is 23.9 Å². The topological polar surface area (TPSA) is 201 Å². The van der Waals surface area contributed by atoms with Crippen LogP contribution in [0.2, 0.25) is 0 Å². The van der Waals surface area contributed by atoms with E-state index in [4.69, 9.17) is 54.2 Å². The van der Waals surface area contributed by atoms with Gasteiger partial charge in [-0.1, -0.05) is 18.2 Å². The molecule has 2 heterocycles. The molecule has 0 saturated carbocycles. The maximum Gasteiger partial charge on any atom is 0.414 e. The molecule has 1 aromatic heterocycles. The molecule has 1 aliphatic heterocycles. The van der Waals surface area contributed by atoms with Crippen LogP contribution in [0, 0.1) is 12.7 Å². The van der Waals surface area contributed by atoms with Crippen molar-refractivity contribution in [2.45, 2.75) is 19.9 Å². The lowest BCUT2D eigenvalue weighted by Crippen LogP contribution is -2.37. The van der Waals surface area contributed by atoms with Crippen LogP contribution in [0.3, 0.4) is 0 Å². The summed E-state index contributed by atoms with van der Waals surface area (Å²) in [5.74, 6) is -6.36. The van der Waals surface area contributed by atoms with Crippen LogP contribution in [0.25, 0.3) is 5.69 Å². The number of morpholine rings is 1. The van der Waals surface area contributed by atoms with E-state index < -0.39 is 23.9 Å². The number of halogens is 1. The number of ether oxygens (including phenoxy) is 2. The normalized spacial score (nSPS) is 12.6. The molecule has 0 aliphatic carbocycles. The molecule has 1 saturated heterocycles. The van der Waals surface area contributed by atoms with Crippen molar-refractivity contribution in [1.29, 1.82) is 0 Å². The van der Waals surface area contributed by atoms with Gasteiger partial charge in [-0.2, -0.15) is 5.10 Å². The third-order valence-electron chi connectivity index (χ3n) is 5.77. The monoisotopic (exact) mass is 604 g/mol. The van der Waals surface area contributed by atoms with E-state index in [1.54, 1.807) is 12.1 Å². The highest BCUT2D eigenvalue weighted by Crippen LogP contribution is 2.30. The summed E-state index contributed by atoms with van der Waals surface area (Å²) in [4.78, 5) is 38.8. The van der Waals surface area contributed by atoms with E-state index in [1.807, 2.05) is 41.9 Å². The van der Waals surface area contributed by atoms with Gasteiger partial charge in [-0.3, -0.25) is 4.90 Å². The van der Waals surface area contributed by atoms with Crippen LogP contribution < -0.4 is 10.1 Å². The zero-order valence-corrected chi connectivity index (χ0v) is 23.3. The van der Waals surface area contributed by atoms with E-state index in [2.05, 4.69) is 10.2 Å². The summed E-state index contributed by atoms with van der Waals surface area (Å²) in [7, 11) is 0. The number of aryl methyl sites for hydroxylation is 1. The van der Waals surface area contributed by atoms with Crippen molar-refractivity contribution in [2.75, 3.05) is 39.4 Å². The highest BCUT2D eigenvalue weighted by Gasteiger charge is 2.19. The predicted octanol–water partition coefficient (Wildman–Crippen LogP) is 2.24. The average Bonchev–Trinajstić information content (AvgIpc) is 3.30. The minimum Gasteiger partial charge on any atom is -0.473 e. The van der Waals surface area contributed by atoms with Crippen molar-refractivity contribution in [1.82, 2.24) is 20.0 Å². The fourth-order valence-corrected chi connectivity index (χ4v) is 3.67. The fourth-order valence-electron chi connectivity index (χ4n) is 3.67. The van der Waals surface area contributed by atoms with Crippen molar-refractivity contribution in [3.05, 3.63) is 71.7 Å². The molecule has 0 amide bonds. The Morgan fingerprint density at radius 1 is 0.907 bits per heavy atom. The van der Waals surface area contributed by atoms with E-state index in [-0.39, 0.29) is 5.82 Å². The molecular formula is C28H33FN4O10. The molecule has 0 unspecified atom stereocenters. The third kappa shape index (κ3) is 12.3. The number of aliphatic carboxylic acids is 4. The first kappa shape index (κ1) is 34.3. The highest BCUT2D eigenvalue weighted by atomic mass is 19.1. The number of nitrogens with one attached hydrogen (secondary N) is 1. The average molecular weight is 605 g/mol. The van der Waals surface area contributed by atoms with E-state index in [0.717, 1.165) is 62.8 Å². The number of carbonyl (C=O) groups is 4. The van der Waals surface area contributed by atoms with Crippen molar-refractivity contribution in [3.8, 4) is 17.3 Å². The molecule has 0 atom stereocenters. The number of carboxylic acids is 4. The molecule has 14 nitrogen and oxygen atoms in total. The van der Waals surface area contributed by atoms with Crippen LogP contribution in [-0.4, -0.2) is 98.4 Å². The maximum absolute atomic E-state index is 13.3. The number of rotatable bonds is 9. The maximum atomic E-state index is 13.3. The van der Waals surface area contributed by atoms with Crippen LogP contribution in [0.1, 0.15) is 17.7 Å². The molecule has 232 valence electrons. The molecule has 5 N–H and O–H groups in total. The summed E-state index contributed by atoms with van der Waals surface area (Å²) in [6.45, 7) is 8.29. The zero-order chi connectivity index (χ0) is 31.8. The molecule has 1 fully saturated rings. The summed E-state index contributed by atoms with van der Waals surface area (Å²) < 4.78 is 26.7. The van der Waals surface area contributed by atoms with Gasteiger partial charge in [0.05, 0.1) is 30.2 Å². The Hall–Kier alpha value is -4.86. The molecular weight excluding hydrogens is 571 g/mol. The zero-order valence-electron chi connectivity index (χ0n) is 23.3. The van der Waals surface area contributed by atoms with Gasteiger partial charge in [-0.15, -0.1) is 0 Å². The summed E-state index contributed by atoms with van der Waals surface area (Å²) >= 11 is 0. The smallest absolute Gasteiger partial charge is 0.414 e. The second-order valence-electron chi connectivity index (χ2n) is 8.88. The van der Waals surface area contributed by atoms with Crippen LogP contribution in [-0.2, 0) is 30.5 Å². The standard InChI is InChI=1S/C24H29FN4O2.2C2H2O4/c1-19-23(18-26-12-5-13-28-14-16-30-17-15-28)24(31-22-10-8-20(25)9-11-22)29(27-19)21-6-3-2-4-7-21;2*3-1(4)2(5)6/h2-4,6-11,26H,5,12-18H2,1H3;2*(H,3,4)(H,5,6). The highest BCUT2D eigenvalue weighted by molar-refractivity contribution is 6.27. The third-order valence-corrected chi connectivity index (χ3v) is 5.77. The van der Waals surface area contributed by atoms with E-state index in [1.165, 1.54) is 12.1 Å². The molecule has 0 radical (unpaired) electrons. The Kier molecular flexibility index (Phi) is 14.3. The lowest BCUT2D eigenvalue weighted by Gasteiger charge is -2.26. The second kappa shape index (κ2) is 17.8. The molecule has 0 spiro atoms. The van der Waals surface area contributed by atoms with E-state index in [0.29, 0.717) is 18.2 Å². The summed E-state index contributed by atoms with van der Waals surface area (Å²) in [6, 6.07) is 15.9. The Labute approximate surface area is 245 Å². The van der Waals surface area contributed by atoms with Gasteiger partial charge in [0.25, 0.3) is 0 Å². The van der Waals surface area contributed by atoms with Gasteiger partial charge in [0.1, 0.15) is 11.6 Å². The van der Waals surface area contributed by atoms with Crippen LogP contribution >= 0.6 is 0 Å². The Morgan fingerprint density at radius 2 is 1.47 bits per heavy atom. The van der Waals surface area contributed by atoms with Crippen molar-refractivity contribution < 1.29 is 53.5 Å². The minimum atomic E-state index is -1.82. The first-order chi connectivity index (χ1) is 20.5. The van der Waals surface area contributed by atoms with Crippen molar-refractivity contribution in [2.24, 2.45) is 0 Å². The number of hydrogen-bond acceptors (Lipinski definition) is 9. The SMILES string of the molecule is Cc1nn(-c2ccccc2)c(Oc2ccc(F)cc2)c1CNCCCN1CCOCC1.O=C(O)C(=O)O.O=C(O)C(=O)O. The van der Waals surface area contributed by atoms with Gasteiger partial charge in [-0.05, 0) is 62.8 Å². The lowest BCUT2D eigenvalue weighted by molar-refractivity contribution is -0.159. The van der Waals surface area contributed by atoms with E-state index >= 15 is 0 Å². The van der Waals surface area contributed by atoms with Crippen LogP contribution in [0.4, 0.5) is 4.39 Å².